The fourth-order valence-corrected chi connectivity index (χ4v) is 9.53. The van der Waals surface area contributed by atoms with Gasteiger partial charge in [0.05, 0.1) is 0 Å². The van der Waals surface area contributed by atoms with Gasteiger partial charge in [0.25, 0.3) is 0 Å². The normalized spacial score (nSPS) is 11.9. The van der Waals surface area contributed by atoms with Crippen LogP contribution in [0.2, 0.25) is 0 Å². The fourth-order valence-electron chi connectivity index (χ4n) is 9.53. The van der Waals surface area contributed by atoms with Gasteiger partial charge in [-0.1, -0.05) is 323 Å². The third-order valence-electron chi connectivity index (χ3n) is 13.8. The molecule has 0 aromatic rings. The summed E-state index contributed by atoms with van der Waals surface area (Å²) in [7, 11) is 2.48. The third-order valence-corrected chi connectivity index (χ3v) is 13.8. The van der Waals surface area contributed by atoms with Crippen LogP contribution in [0.1, 0.15) is 342 Å². The highest BCUT2D eigenvalue weighted by molar-refractivity contribution is 4.70. The highest BCUT2D eigenvalue weighted by atomic mass is 15.1. The number of nitrogens with zero attached hydrogens (tertiary/aromatic N) is 1. The van der Waals surface area contributed by atoms with Gasteiger partial charge in [0.15, 0.2) is 0 Å². The van der Waals surface area contributed by atoms with E-state index in [9.17, 15) is 0 Å². The maximum atomic E-state index is 2.81. The Bertz CT molecular complexity index is 636. The molecule has 0 atom stereocenters. The van der Waals surface area contributed by atoms with Crippen molar-refractivity contribution in [3.8, 4) is 0 Å². The van der Waals surface area contributed by atoms with E-state index in [1.165, 1.54) is 328 Å². The van der Waals surface area contributed by atoms with Crippen molar-refractivity contribution >= 4 is 0 Å². The highest BCUT2D eigenvalue weighted by Crippen LogP contribution is 2.21. The quantitative estimate of drug-likeness (QED) is 0.0554. The van der Waals surface area contributed by atoms with Crippen molar-refractivity contribution in [3.63, 3.8) is 0 Å². The predicted molar refractivity (Wildman–Crippen MR) is 264 cm³/mol. The lowest BCUT2D eigenvalue weighted by Crippen LogP contribution is -2.32. The van der Waals surface area contributed by atoms with E-state index in [0.29, 0.717) is 0 Å². The van der Waals surface area contributed by atoms with E-state index in [4.69, 9.17) is 0 Å². The first-order valence-corrected chi connectivity index (χ1v) is 28.0. The second kappa shape index (κ2) is 52.1. The van der Waals surface area contributed by atoms with Gasteiger partial charge in [-0.2, -0.15) is 0 Å². The molecule has 0 radical (unpaired) electrons. The van der Waals surface area contributed by atoms with Gasteiger partial charge < -0.3 is 4.90 Å². The number of hydrogen-bond acceptors (Lipinski definition) is 1. The molecule has 0 aliphatic rings. The molecule has 0 aliphatic heterocycles. The minimum Gasteiger partial charge on any atom is -0.303 e. The molecule has 0 fully saturated rings. The summed E-state index contributed by atoms with van der Waals surface area (Å²) in [6.45, 7) is 8.29. The maximum absolute atomic E-state index is 2.81. The molecule has 57 heavy (non-hydrogen) atoms. The summed E-state index contributed by atoms with van der Waals surface area (Å²) in [5.74, 6) is 0. The molecule has 0 aromatic heterocycles. The van der Waals surface area contributed by atoms with Crippen molar-refractivity contribution in [3.05, 3.63) is 0 Å². The van der Waals surface area contributed by atoms with E-state index >= 15 is 0 Å². The topological polar surface area (TPSA) is 3.24 Å². The lowest BCUT2D eigenvalue weighted by molar-refractivity contribution is 0.205. The lowest BCUT2D eigenvalue weighted by atomic mass is 9.98. The largest absolute Gasteiger partial charge is 0.303 e. The van der Waals surface area contributed by atoms with Crippen LogP contribution in [0.25, 0.3) is 0 Å². The molecule has 0 rings (SSSR count). The van der Waals surface area contributed by atoms with Crippen molar-refractivity contribution < 1.29 is 0 Å². The van der Waals surface area contributed by atoms with E-state index in [2.05, 4.69) is 32.7 Å². The first-order chi connectivity index (χ1) is 28.3. The fraction of sp³-hybridized carbons (Fsp3) is 1.00. The molecular formula is C56H115N. The van der Waals surface area contributed by atoms with Crippen LogP contribution < -0.4 is 0 Å². The predicted octanol–water partition coefficient (Wildman–Crippen LogP) is 20.9. The molecular weight excluding hydrogens is 687 g/mol. The van der Waals surface area contributed by atoms with Gasteiger partial charge in [0.2, 0.25) is 0 Å². The molecule has 0 amide bonds. The first-order valence-electron chi connectivity index (χ1n) is 28.0. The Hall–Kier alpha value is -0.0400. The van der Waals surface area contributed by atoms with Crippen molar-refractivity contribution in [1.82, 2.24) is 4.90 Å². The molecule has 0 spiro atoms. The van der Waals surface area contributed by atoms with Crippen molar-refractivity contribution in [2.24, 2.45) is 0 Å². The summed E-state index contributed by atoms with van der Waals surface area (Å²) < 4.78 is 0. The summed E-state index contributed by atoms with van der Waals surface area (Å²) in [5.41, 5.74) is 0. The zero-order valence-corrected chi connectivity index (χ0v) is 41.1. The van der Waals surface area contributed by atoms with Gasteiger partial charge in [0.1, 0.15) is 0 Å². The van der Waals surface area contributed by atoms with Crippen LogP contribution in [0.3, 0.4) is 0 Å². The first kappa shape index (κ1) is 57.0. The lowest BCUT2D eigenvalue weighted by Gasteiger charge is -2.28. The maximum Gasteiger partial charge on any atom is 0.00922 e. The van der Waals surface area contributed by atoms with E-state index in [1.54, 1.807) is 0 Å². The van der Waals surface area contributed by atoms with Crippen LogP contribution in [0.15, 0.2) is 0 Å². The van der Waals surface area contributed by atoms with Crippen LogP contribution in [0.4, 0.5) is 0 Å². The number of unbranched alkanes of at least 4 members (excludes halogenated alkanes) is 45. The van der Waals surface area contributed by atoms with Gasteiger partial charge in [0, 0.05) is 6.04 Å². The minimum absolute atomic E-state index is 0.833. The Labute approximate surface area is 365 Å². The van der Waals surface area contributed by atoms with E-state index in [0.717, 1.165) is 6.04 Å². The number of rotatable bonds is 52. The molecule has 0 saturated carbocycles. The van der Waals surface area contributed by atoms with Crippen LogP contribution in [0, 0.1) is 0 Å². The van der Waals surface area contributed by atoms with Gasteiger partial charge >= 0.3 is 0 Å². The molecule has 0 N–H and O–H groups in total. The Kier molecular flexibility index (Phi) is 52.1. The molecule has 344 valence electrons. The summed E-state index contributed by atoms with van der Waals surface area (Å²) in [4.78, 5) is 2.81. The Morgan fingerprint density at radius 2 is 0.368 bits per heavy atom. The molecule has 0 aliphatic carbocycles. The van der Waals surface area contributed by atoms with Crippen LogP contribution in [0.5, 0.6) is 0 Å². The monoisotopic (exact) mass is 802 g/mol. The Morgan fingerprint density at radius 3 is 0.561 bits per heavy atom. The van der Waals surface area contributed by atoms with Crippen molar-refractivity contribution in [2.45, 2.75) is 348 Å². The summed E-state index contributed by atoms with van der Waals surface area (Å²) in [6.07, 6.45) is 73.4. The van der Waals surface area contributed by atoms with E-state index in [-0.39, 0.29) is 0 Å². The standard InChI is InChI=1S/C56H115N/c1-5-8-11-14-17-20-23-26-29-32-35-38-41-44-47-50-53-56(54-51-48-45-42-39-36-33-30-27-24-21-18-15-12-9-6-2)57(4)55-52-49-46-43-40-37-34-31-28-25-22-19-16-13-10-7-3/h56H,5-55H2,1-4H3. The van der Waals surface area contributed by atoms with Gasteiger partial charge in [-0.05, 0) is 32.9 Å². The van der Waals surface area contributed by atoms with Crippen molar-refractivity contribution in [1.29, 1.82) is 0 Å². The van der Waals surface area contributed by atoms with Gasteiger partial charge in [-0.3, -0.25) is 0 Å². The molecule has 0 heterocycles. The number of hydrogen-bond donors (Lipinski definition) is 0. The average molecular weight is 803 g/mol. The average Bonchev–Trinajstić information content (AvgIpc) is 3.22. The second-order valence-electron chi connectivity index (χ2n) is 19.6. The molecule has 0 aromatic carbocycles. The van der Waals surface area contributed by atoms with Crippen LogP contribution in [-0.4, -0.2) is 24.5 Å². The summed E-state index contributed by atoms with van der Waals surface area (Å²) in [5, 5.41) is 0. The third kappa shape index (κ3) is 48.5. The molecule has 1 heteroatoms. The molecule has 1 nitrogen and oxygen atoms in total. The zero-order valence-electron chi connectivity index (χ0n) is 41.1. The Morgan fingerprint density at radius 1 is 0.211 bits per heavy atom. The zero-order chi connectivity index (χ0) is 41.2. The molecule has 0 unspecified atom stereocenters. The molecule has 0 bridgehead atoms. The van der Waals surface area contributed by atoms with E-state index in [1.807, 2.05) is 0 Å². The van der Waals surface area contributed by atoms with Gasteiger partial charge in [-0.15, -0.1) is 0 Å². The SMILES string of the molecule is CCCCCCCCCCCCCCCCCCC(CCCCCCCCCCCCCCCCCC)N(C)CCCCCCCCCCCCCCCCCC. The van der Waals surface area contributed by atoms with Gasteiger partial charge in [-0.25, -0.2) is 0 Å². The molecule has 0 saturated heterocycles. The summed E-state index contributed by atoms with van der Waals surface area (Å²) in [6, 6.07) is 0.833. The highest BCUT2D eigenvalue weighted by Gasteiger charge is 2.14. The smallest absolute Gasteiger partial charge is 0.00922 e. The van der Waals surface area contributed by atoms with Crippen LogP contribution in [-0.2, 0) is 0 Å². The Balaban J connectivity index is 4.07. The van der Waals surface area contributed by atoms with E-state index < -0.39 is 0 Å². The van der Waals surface area contributed by atoms with Crippen molar-refractivity contribution in [2.75, 3.05) is 13.6 Å². The van der Waals surface area contributed by atoms with Crippen LogP contribution >= 0.6 is 0 Å². The summed E-state index contributed by atoms with van der Waals surface area (Å²) >= 11 is 0. The second-order valence-corrected chi connectivity index (χ2v) is 19.6. The minimum atomic E-state index is 0.833.